The standard InChI is InChI=1S/C17H23NO4/c19-12-18-16(17(20)21)10-13-6-8-15(9-7-13)22-11-14-4-2-1-3-5-14/h6-9,12,14,16H,1-5,10-11H2,(H,18,19)(H,20,21)/t16-/m0/s1. The molecule has 1 aromatic rings. The molecule has 5 nitrogen and oxygen atoms in total. The lowest BCUT2D eigenvalue weighted by molar-refractivity contribution is -0.140. The molecule has 0 heterocycles. The molecule has 0 aliphatic heterocycles. The number of ether oxygens (including phenoxy) is 1. The second-order valence-electron chi connectivity index (χ2n) is 5.84. The number of benzene rings is 1. The Morgan fingerprint density at radius 2 is 1.95 bits per heavy atom. The van der Waals surface area contributed by atoms with Gasteiger partial charge in [-0.2, -0.15) is 0 Å². The zero-order valence-electron chi connectivity index (χ0n) is 12.7. The van der Waals surface area contributed by atoms with Crippen molar-refractivity contribution in [1.29, 1.82) is 0 Å². The highest BCUT2D eigenvalue weighted by molar-refractivity contribution is 5.76. The third-order valence-corrected chi connectivity index (χ3v) is 4.14. The van der Waals surface area contributed by atoms with E-state index in [9.17, 15) is 9.59 Å². The largest absolute Gasteiger partial charge is 0.493 e. The van der Waals surface area contributed by atoms with Gasteiger partial charge in [-0.05, 0) is 36.5 Å². The number of hydrogen-bond donors (Lipinski definition) is 2. The Kier molecular flexibility index (Phi) is 6.25. The first-order chi connectivity index (χ1) is 10.7. The van der Waals surface area contributed by atoms with Gasteiger partial charge in [0, 0.05) is 6.42 Å². The van der Waals surface area contributed by atoms with Crippen LogP contribution in [0.15, 0.2) is 24.3 Å². The first-order valence-electron chi connectivity index (χ1n) is 7.83. The zero-order valence-corrected chi connectivity index (χ0v) is 12.7. The van der Waals surface area contributed by atoms with E-state index in [1.165, 1.54) is 32.1 Å². The summed E-state index contributed by atoms with van der Waals surface area (Å²) < 4.78 is 5.81. The average molecular weight is 305 g/mol. The van der Waals surface area contributed by atoms with E-state index in [1.54, 1.807) is 0 Å². The molecule has 0 radical (unpaired) electrons. The minimum Gasteiger partial charge on any atom is -0.493 e. The van der Waals surface area contributed by atoms with Gasteiger partial charge in [0.1, 0.15) is 11.8 Å². The van der Waals surface area contributed by atoms with E-state index in [1.807, 2.05) is 24.3 Å². The molecule has 2 rings (SSSR count). The molecule has 1 aliphatic carbocycles. The second-order valence-corrected chi connectivity index (χ2v) is 5.84. The average Bonchev–Trinajstić information content (AvgIpc) is 2.54. The van der Waals surface area contributed by atoms with Gasteiger partial charge in [-0.3, -0.25) is 4.79 Å². The van der Waals surface area contributed by atoms with E-state index in [0.717, 1.165) is 17.9 Å². The van der Waals surface area contributed by atoms with Crippen molar-refractivity contribution in [2.75, 3.05) is 6.61 Å². The van der Waals surface area contributed by atoms with E-state index in [4.69, 9.17) is 9.84 Å². The number of nitrogens with one attached hydrogen (secondary N) is 1. The van der Waals surface area contributed by atoms with Crippen LogP contribution in [0.4, 0.5) is 0 Å². The Hall–Kier alpha value is -2.04. The van der Waals surface area contributed by atoms with Crippen LogP contribution in [0.2, 0.25) is 0 Å². The summed E-state index contributed by atoms with van der Waals surface area (Å²) in [6, 6.07) is 6.51. The Morgan fingerprint density at radius 3 is 2.55 bits per heavy atom. The number of aliphatic carboxylic acids is 1. The monoisotopic (exact) mass is 305 g/mol. The van der Waals surface area contributed by atoms with Crippen LogP contribution in [-0.4, -0.2) is 30.1 Å². The fraction of sp³-hybridized carbons (Fsp3) is 0.529. The molecule has 0 saturated heterocycles. The van der Waals surface area contributed by atoms with Crippen molar-refractivity contribution in [1.82, 2.24) is 5.32 Å². The molecule has 1 saturated carbocycles. The minimum atomic E-state index is -1.04. The summed E-state index contributed by atoms with van der Waals surface area (Å²) in [6.07, 6.45) is 7.11. The molecule has 0 aromatic heterocycles. The van der Waals surface area contributed by atoms with E-state index in [-0.39, 0.29) is 6.42 Å². The quantitative estimate of drug-likeness (QED) is 0.723. The number of carbonyl (C=O) groups excluding carboxylic acids is 1. The predicted octanol–water partition coefficient (Wildman–Crippen LogP) is 2.39. The van der Waals surface area contributed by atoms with Crippen LogP contribution < -0.4 is 10.1 Å². The highest BCUT2D eigenvalue weighted by atomic mass is 16.5. The molecular weight excluding hydrogens is 282 g/mol. The number of amides is 1. The number of carboxylic acids is 1. The summed E-state index contributed by atoms with van der Waals surface area (Å²) >= 11 is 0. The maximum absolute atomic E-state index is 11.0. The van der Waals surface area contributed by atoms with Gasteiger partial charge in [-0.25, -0.2) is 4.79 Å². The maximum Gasteiger partial charge on any atom is 0.326 e. The number of carboxylic acid groups (broad SMARTS) is 1. The molecular formula is C17H23NO4. The summed E-state index contributed by atoms with van der Waals surface area (Å²) in [5, 5.41) is 11.3. The van der Waals surface area contributed by atoms with Gasteiger partial charge in [0.25, 0.3) is 0 Å². The summed E-state index contributed by atoms with van der Waals surface area (Å²) in [5.41, 5.74) is 0.853. The van der Waals surface area contributed by atoms with Crippen LogP contribution in [0.5, 0.6) is 5.75 Å². The van der Waals surface area contributed by atoms with Gasteiger partial charge in [0.2, 0.25) is 6.41 Å². The van der Waals surface area contributed by atoms with E-state index in [0.29, 0.717) is 12.3 Å². The smallest absolute Gasteiger partial charge is 0.326 e. The molecule has 1 aliphatic rings. The Balaban J connectivity index is 1.83. The van der Waals surface area contributed by atoms with Crippen LogP contribution in [0, 0.1) is 5.92 Å². The Bertz CT molecular complexity index is 480. The lowest BCUT2D eigenvalue weighted by Gasteiger charge is -2.21. The van der Waals surface area contributed by atoms with Gasteiger partial charge >= 0.3 is 5.97 Å². The zero-order chi connectivity index (χ0) is 15.8. The van der Waals surface area contributed by atoms with Gasteiger partial charge in [0.15, 0.2) is 0 Å². The normalized spacial score (nSPS) is 16.7. The van der Waals surface area contributed by atoms with E-state index < -0.39 is 12.0 Å². The summed E-state index contributed by atoms with van der Waals surface area (Å²) in [5.74, 6) is 0.427. The number of hydrogen-bond acceptors (Lipinski definition) is 3. The van der Waals surface area contributed by atoms with Crippen LogP contribution in [-0.2, 0) is 16.0 Å². The van der Waals surface area contributed by atoms with Crippen molar-refractivity contribution in [2.24, 2.45) is 5.92 Å². The van der Waals surface area contributed by atoms with Crippen LogP contribution in [0.25, 0.3) is 0 Å². The predicted molar refractivity (Wildman–Crippen MR) is 82.8 cm³/mol. The highest BCUT2D eigenvalue weighted by Crippen LogP contribution is 2.24. The third-order valence-electron chi connectivity index (χ3n) is 4.14. The van der Waals surface area contributed by atoms with Crippen molar-refractivity contribution in [3.8, 4) is 5.75 Å². The van der Waals surface area contributed by atoms with Crippen molar-refractivity contribution in [3.63, 3.8) is 0 Å². The molecule has 1 amide bonds. The molecule has 2 N–H and O–H groups in total. The summed E-state index contributed by atoms with van der Waals surface area (Å²) in [4.78, 5) is 21.4. The molecule has 22 heavy (non-hydrogen) atoms. The summed E-state index contributed by atoms with van der Waals surface area (Å²) in [7, 11) is 0. The fourth-order valence-corrected chi connectivity index (χ4v) is 2.83. The van der Waals surface area contributed by atoms with Gasteiger partial charge in [-0.15, -0.1) is 0 Å². The lowest BCUT2D eigenvalue weighted by Crippen LogP contribution is -2.37. The first kappa shape index (κ1) is 16.3. The Morgan fingerprint density at radius 1 is 1.27 bits per heavy atom. The van der Waals surface area contributed by atoms with Crippen LogP contribution in [0.3, 0.4) is 0 Å². The SMILES string of the molecule is O=CN[C@@H](Cc1ccc(OCC2CCCCC2)cc1)C(=O)O. The van der Waals surface area contributed by atoms with E-state index in [2.05, 4.69) is 5.32 Å². The molecule has 0 unspecified atom stereocenters. The van der Waals surface area contributed by atoms with Crippen LogP contribution >= 0.6 is 0 Å². The maximum atomic E-state index is 11.0. The second kappa shape index (κ2) is 8.41. The molecule has 1 fully saturated rings. The van der Waals surface area contributed by atoms with Gasteiger partial charge in [-0.1, -0.05) is 31.4 Å². The van der Waals surface area contributed by atoms with E-state index >= 15 is 0 Å². The fourth-order valence-electron chi connectivity index (χ4n) is 2.83. The summed E-state index contributed by atoms with van der Waals surface area (Å²) in [6.45, 7) is 0.754. The van der Waals surface area contributed by atoms with Crippen LogP contribution in [0.1, 0.15) is 37.7 Å². The van der Waals surface area contributed by atoms with Crippen molar-refractivity contribution >= 4 is 12.4 Å². The number of carbonyl (C=O) groups is 2. The molecule has 120 valence electrons. The molecule has 1 aromatic carbocycles. The van der Waals surface area contributed by atoms with Crippen molar-refractivity contribution < 1.29 is 19.4 Å². The minimum absolute atomic E-state index is 0.261. The molecule has 0 spiro atoms. The van der Waals surface area contributed by atoms with Gasteiger partial charge < -0.3 is 15.2 Å². The molecule has 0 bridgehead atoms. The van der Waals surface area contributed by atoms with Crippen molar-refractivity contribution in [2.45, 2.75) is 44.6 Å². The Labute approximate surface area is 130 Å². The van der Waals surface area contributed by atoms with Gasteiger partial charge in [0.05, 0.1) is 6.61 Å². The first-order valence-corrected chi connectivity index (χ1v) is 7.83. The van der Waals surface area contributed by atoms with Crippen molar-refractivity contribution in [3.05, 3.63) is 29.8 Å². The topological polar surface area (TPSA) is 75.6 Å². The highest BCUT2D eigenvalue weighted by Gasteiger charge is 2.17. The lowest BCUT2D eigenvalue weighted by atomic mass is 9.90. The third kappa shape index (κ3) is 5.06. The number of rotatable bonds is 8. The molecule has 5 heteroatoms. The molecule has 1 atom stereocenters.